The summed E-state index contributed by atoms with van der Waals surface area (Å²) < 4.78 is 99.0. The zero-order valence-electron chi connectivity index (χ0n) is 64.1. The summed E-state index contributed by atoms with van der Waals surface area (Å²) in [6, 6.07) is 9.22. The van der Waals surface area contributed by atoms with Crippen LogP contribution in [-0.2, 0) is 82.4 Å². The first-order chi connectivity index (χ1) is 55.7. The van der Waals surface area contributed by atoms with E-state index in [4.69, 9.17) is 64.0 Å². The largest absolute Gasteiger partial charge is 0.508 e. The molecule has 0 bridgehead atoms. The summed E-state index contributed by atoms with van der Waals surface area (Å²) in [4.78, 5) is 142. The number of aromatic hydroxyl groups is 1. The molecule has 36 nitrogen and oxygen atoms in total. The normalized spacial score (nSPS) is 19.4. The van der Waals surface area contributed by atoms with Gasteiger partial charge in [-0.3, -0.25) is 34.8 Å². The Morgan fingerprint density at radius 2 is 1.12 bits per heavy atom. The number of hydrogen-bond donors (Lipinski definition) is 17. The van der Waals surface area contributed by atoms with Crippen LogP contribution >= 0.6 is 23.5 Å². The molecule has 0 unspecified atom stereocenters. The van der Waals surface area contributed by atoms with E-state index in [2.05, 4.69) is 63.8 Å². The maximum atomic E-state index is 14.2. The van der Waals surface area contributed by atoms with E-state index in [0.717, 1.165) is 66.5 Å². The van der Waals surface area contributed by atoms with Gasteiger partial charge in [-0.05, 0) is 93.5 Å². The molecule has 0 aliphatic carbocycles. The summed E-state index contributed by atoms with van der Waals surface area (Å²) in [5.74, 6) is -5.78. The number of cyclic esters (lactones) is 1. The van der Waals surface area contributed by atoms with E-state index in [1.165, 1.54) is 31.2 Å². The maximum Gasteiger partial charge on any atom is 0.490 e. The predicted octanol–water partition coefficient (Wildman–Crippen LogP) is 3.51. The maximum absolute atomic E-state index is 14.2. The Labute approximate surface area is 674 Å². The monoisotopic (exact) mass is 1690 g/mol. The molecule has 8 amide bonds. The standard InChI is InChI=1S/C69H94N16O16S2.2C2HF3O2/c1-4-44-45-33-43(86)14-15-49(45)80-57-46(44)35-85-52(57)34-48-47(62(85)91)36-100-64(93)69(48,5-2)101-63(92)39(3)78-67(94)76-20-26-98-28-29-99-27-21-77-68(95)79-42-31-40(60(89)74-18-24-96-22-16-72-55(87)12-8-6-10-53-58-50(37-102-53)81-65(70)83-58)30-41(32-42)61(90)75-19-25-97-23-17-73-56(88)13-9-7-11-54-59-51(38-103-54)82-66(71)84-59;2*3-2(4,5)1(6)7/h14-15,30-34,39,50-51,53-54,58-59,86H,4-13,16-29,35-38H2,1-3H3,(H,72,87)(H,73,88)(H,74,89)(H,75,90)(H3,70,81,83)(H3,71,82,84)(H2,76,78,94)(H2,77,79,95);2*(H,6,7)/t39-,50-,51-,53-,54-,58-,59-,69-;;/m0../s1. The lowest BCUT2D eigenvalue weighted by Crippen LogP contribution is -2.51. The quantitative estimate of drug-likeness (QED) is 0.0152. The minimum Gasteiger partial charge on any atom is -0.508 e. The average molecular weight is 1700 g/mol. The molecule has 4 saturated heterocycles. The van der Waals surface area contributed by atoms with Crippen LogP contribution in [0.25, 0.3) is 22.3 Å². The van der Waals surface area contributed by atoms with E-state index in [9.17, 15) is 74.6 Å². The summed E-state index contributed by atoms with van der Waals surface area (Å²) in [6.45, 7) is 6.89. The fraction of sp³-hybridized carbons (Fsp3) is 0.562. The number of carboxylic acids is 2. The Morgan fingerprint density at radius 1 is 0.641 bits per heavy atom. The number of carboxylic acid groups (broad SMARTS) is 2. The summed E-state index contributed by atoms with van der Waals surface area (Å²) >= 11 is 3.79. The van der Waals surface area contributed by atoms with Crippen molar-refractivity contribution in [3.8, 4) is 17.1 Å². The minimum absolute atomic E-state index is 0.0382. The molecule has 4 aromatic rings. The molecule has 6 aliphatic rings. The lowest BCUT2D eigenvalue weighted by atomic mass is 9.85. The number of fused-ring (bicyclic) bond motifs is 7. The van der Waals surface area contributed by atoms with E-state index in [0.29, 0.717) is 71.7 Å². The summed E-state index contributed by atoms with van der Waals surface area (Å²) in [5.41, 5.74) is 1.54. The van der Waals surface area contributed by atoms with Crippen LogP contribution in [0.5, 0.6) is 5.75 Å². The van der Waals surface area contributed by atoms with E-state index >= 15 is 0 Å². The number of aromatic nitrogens is 2. The number of pyridine rings is 2. The molecule has 10 rings (SSSR count). The van der Waals surface area contributed by atoms with Crippen LogP contribution in [0.15, 0.2) is 47.3 Å². The van der Waals surface area contributed by atoms with E-state index < -0.39 is 77.3 Å². The van der Waals surface area contributed by atoms with Gasteiger partial charge in [-0.1, -0.05) is 26.7 Å². The number of ether oxygens (including phenoxy) is 6. The van der Waals surface area contributed by atoms with Crippen molar-refractivity contribution in [2.45, 2.75) is 157 Å². The number of aryl methyl sites for hydroxylation is 1. The number of rotatable bonds is 39. The van der Waals surface area contributed by atoms with Crippen LogP contribution in [-0.4, -0.2) is 253 Å². The smallest absolute Gasteiger partial charge is 0.490 e. The van der Waals surface area contributed by atoms with Crippen LogP contribution in [0.1, 0.15) is 122 Å². The first kappa shape index (κ1) is 92.1. The minimum atomic E-state index is -5.08. The lowest BCUT2D eigenvalue weighted by molar-refractivity contribution is -0.193. The summed E-state index contributed by atoms with van der Waals surface area (Å²) in [6.07, 6.45) is -3.60. The fourth-order valence-electron chi connectivity index (χ4n) is 13.4. The molecule has 8 heterocycles. The number of anilines is 1. The zero-order chi connectivity index (χ0) is 85.2. The van der Waals surface area contributed by atoms with Crippen molar-refractivity contribution in [2.75, 3.05) is 109 Å². The molecule has 44 heteroatoms. The van der Waals surface area contributed by atoms with Crippen LogP contribution in [0, 0.1) is 10.8 Å². The third-order valence-corrected chi connectivity index (χ3v) is 22.2. The van der Waals surface area contributed by atoms with Gasteiger partial charge in [0.05, 0.1) is 106 Å². The van der Waals surface area contributed by atoms with Crippen molar-refractivity contribution < 1.29 is 118 Å². The Kier molecular flexibility index (Phi) is 34.4. The first-order valence-electron chi connectivity index (χ1n) is 37.7. The number of carbonyl (C=O) groups excluding carboxylic acids is 8. The topological polar surface area (TPSA) is 514 Å². The number of hydrogen-bond acceptors (Lipinski definition) is 23. The van der Waals surface area contributed by atoms with Gasteiger partial charge in [0.2, 0.25) is 17.4 Å². The average Bonchev–Trinajstić information content (AvgIpc) is 1.54. The third-order valence-electron chi connectivity index (χ3n) is 19.1. The highest BCUT2D eigenvalue weighted by atomic mass is 32.2. The number of nitrogens with one attached hydrogen (secondary N) is 14. The van der Waals surface area contributed by atoms with Gasteiger partial charge in [-0.2, -0.15) is 49.9 Å². The molecule has 4 fully saturated rings. The van der Waals surface area contributed by atoms with E-state index in [-0.39, 0.29) is 168 Å². The highest BCUT2D eigenvalue weighted by Gasteiger charge is 2.52. The number of benzene rings is 2. The van der Waals surface area contributed by atoms with E-state index in [1.54, 1.807) is 29.7 Å². The number of phenolic OH excluding ortho intramolecular Hbond substituents is 1. The van der Waals surface area contributed by atoms with Crippen molar-refractivity contribution in [2.24, 2.45) is 0 Å². The number of guanidine groups is 2. The predicted molar refractivity (Wildman–Crippen MR) is 413 cm³/mol. The Balaban J connectivity index is 0.00000112. The van der Waals surface area contributed by atoms with Crippen LogP contribution < -0.4 is 69.4 Å². The molecule has 17 N–H and O–H groups in total. The Hall–Kier alpha value is -10.4. The molecule has 0 spiro atoms. The number of unbranched alkanes of at least 4 members (excludes halogenated alkanes) is 2. The third kappa shape index (κ3) is 26.5. The number of carbonyl (C=O) groups is 10. The van der Waals surface area contributed by atoms with Crippen molar-refractivity contribution in [1.29, 1.82) is 10.8 Å². The van der Waals surface area contributed by atoms with Gasteiger partial charge >= 0.3 is 48.3 Å². The highest BCUT2D eigenvalue weighted by molar-refractivity contribution is 8.00. The SMILES string of the molecule is CCc1c2c(nc3ccc(O)cc13)-c1cc3c(c(=O)n1C2)COC(=O)[C@@]3(CC)OC(=O)[C@H](C)NC(=O)NCCOCCOCCNC(=O)Nc1cc(C(=O)NCCOCCNC(=O)CCCC[C@@H]2SC[C@@H]3NC(=N)N[C@@H]32)cc(C(=O)NCCOCCNC(=O)CCCC[C@@H]2SC[C@@H]3NC(=N)N[C@@H]32)c1.O=C(O)C(F)(F)F.O=C(O)C(F)(F)F. The highest BCUT2D eigenvalue weighted by Crippen LogP contribution is 2.43. The molecule has 0 saturated carbocycles. The van der Waals surface area contributed by atoms with Crippen molar-refractivity contribution in [1.82, 2.24) is 68.0 Å². The molecular weight excluding hydrogens is 1600 g/mol. The van der Waals surface area contributed by atoms with Crippen molar-refractivity contribution in [3.63, 3.8) is 0 Å². The van der Waals surface area contributed by atoms with Gasteiger partial charge in [-0.25, -0.2) is 33.8 Å². The van der Waals surface area contributed by atoms with Gasteiger partial charge in [0, 0.05) is 107 Å². The second-order valence-corrected chi connectivity index (χ2v) is 29.9. The van der Waals surface area contributed by atoms with Gasteiger partial charge in [0.25, 0.3) is 17.4 Å². The van der Waals surface area contributed by atoms with Crippen LogP contribution in [0.4, 0.5) is 41.6 Å². The number of halogens is 6. The lowest BCUT2D eigenvalue weighted by Gasteiger charge is -2.36. The van der Waals surface area contributed by atoms with Crippen molar-refractivity contribution in [3.05, 3.63) is 86.2 Å². The first-order valence-corrected chi connectivity index (χ1v) is 39.8. The van der Waals surface area contributed by atoms with Gasteiger partial charge < -0.3 is 112 Å². The molecule has 2 aromatic carbocycles. The Morgan fingerprint density at radius 3 is 1.61 bits per heavy atom. The number of alkyl halides is 6. The Bertz CT molecular complexity index is 4190. The van der Waals surface area contributed by atoms with Gasteiger partial charge in [0.1, 0.15) is 18.4 Å². The molecular formula is C73H96F6N16O20S2. The number of amides is 8. The van der Waals surface area contributed by atoms with E-state index in [1.807, 2.05) is 30.4 Å². The fourth-order valence-corrected chi connectivity index (χ4v) is 16.5. The molecule has 6 aliphatic heterocycles. The number of nitrogens with zero attached hydrogens (tertiary/aromatic N) is 2. The summed E-state index contributed by atoms with van der Waals surface area (Å²) in [7, 11) is 0. The second-order valence-electron chi connectivity index (χ2n) is 27.4. The van der Waals surface area contributed by atoms with Crippen molar-refractivity contribution >= 4 is 112 Å². The van der Waals surface area contributed by atoms with Crippen LogP contribution in [0.2, 0.25) is 0 Å². The van der Waals surface area contributed by atoms with Gasteiger partial charge in [-0.15, -0.1) is 0 Å². The number of esters is 2. The second kappa shape index (κ2) is 43.7. The molecule has 8 atom stereocenters. The molecule has 2 aromatic heterocycles. The van der Waals surface area contributed by atoms with Crippen LogP contribution in [0.3, 0.4) is 0 Å². The molecule has 642 valence electrons. The number of thioether (sulfide) groups is 2. The van der Waals surface area contributed by atoms with Gasteiger partial charge in [0.15, 0.2) is 11.9 Å². The number of aliphatic carboxylic acids is 2. The zero-order valence-corrected chi connectivity index (χ0v) is 65.8. The summed E-state index contributed by atoms with van der Waals surface area (Å²) in [5, 5.41) is 76.2. The number of urea groups is 2. The molecule has 117 heavy (non-hydrogen) atoms. The molecule has 0 radical (unpaired) electrons. The number of phenols is 1.